The molecule has 1 aliphatic heterocycles. The lowest BCUT2D eigenvalue weighted by Crippen LogP contribution is -2.54. The molecule has 2 heterocycles. The minimum Gasteiger partial charge on any atom is -0.391 e. The molecule has 31 heavy (non-hydrogen) atoms. The second kappa shape index (κ2) is 10.8. The van der Waals surface area contributed by atoms with Gasteiger partial charge in [-0.25, -0.2) is 0 Å². The molecule has 0 radical (unpaired) electrons. The molecule has 1 aliphatic rings. The van der Waals surface area contributed by atoms with E-state index in [-0.39, 0.29) is 23.9 Å². The third kappa shape index (κ3) is 5.28. The maximum atomic E-state index is 13.5. The van der Waals surface area contributed by atoms with Crippen LogP contribution in [-0.4, -0.2) is 64.6 Å². The van der Waals surface area contributed by atoms with Gasteiger partial charge in [0.05, 0.1) is 18.2 Å². The van der Waals surface area contributed by atoms with Gasteiger partial charge in [0.1, 0.15) is 6.04 Å². The van der Waals surface area contributed by atoms with E-state index in [1.165, 1.54) is 0 Å². The predicted molar refractivity (Wildman–Crippen MR) is 123 cm³/mol. The van der Waals surface area contributed by atoms with Crippen LogP contribution in [0.5, 0.6) is 0 Å². The van der Waals surface area contributed by atoms with Crippen LogP contribution in [0.15, 0.2) is 30.5 Å². The van der Waals surface area contributed by atoms with Crippen LogP contribution in [0.2, 0.25) is 0 Å². The molecule has 1 unspecified atom stereocenters. The zero-order valence-electron chi connectivity index (χ0n) is 18.9. The topological polar surface area (TPSA) is 97.5 Å². The van der Waals surface area contributed by atoms with Crippen molar-refractivity contribution in [1.29, 1.82) is 0 Å². The van der Waals surface area contributed by atoms with Crippen molar-refractivity contribution in [3.63, 3.8) is 0 Å². The predicted octanol–water partition coefficient (Wildman–Crippen LogP) is 2.35. The number of H-pyrrole nitrogens is 1. The van der Waals surface area contributed by atoms with Gasteiger partial charge in [0.2, 0.25) is 11.8 Å². The van der Waals surface area contributed by atoms with Crippen LogP contribution in [0, 0.1) is 0 Å². The number of nitrogens with zero attached hydrogens (tertiary/aromatic N) is 1. The molecule has 0 spiro atoms. The lowest BCUT2D eigenvalue weighted by molar-refractivity contribution is -0.138. The largest absolute Gasteiger partial charge is 0.391 e. The van der Waals surface area contributed by atoms with Gasteiger partial charge in [0, 0.05) is 23.6 Å². The number of nitrogens with one attached hydrogen (secondary N) is 3. The second-order valence-electron chi connectivity index (χ2n) is 8.50. The van der Waals surface area contributed by atoms with E-state index < -0.39 is 12.1 Å². The summed E-state index contributed by atoms with van der Waals surface area (Å²) in [5.74, 6) is -0.230. The molecule has 4 N–H and O–H groups in total. The number of carbonyl (C=O) groups is 2. The number of aromatic amines is 1. The number of hydrogen-bond acceptors (Lipinski definition) is 4. The average molecular weight is 429 g/mol. The number of carbonyl (C=O) groups excluding carboxylic acids is 2. The van der Waals surface area contributed by atoms with Gasteiger partial charge in [-0.15, -0.1) is 0 Å². The minimum atomic E-state index is -0.569. The zero-order valence-corrected chi connectivity index (χ0v) is 18.9. The fourth-order valence-electron chi connectivity index (χ4n) is 4.60. The molecule has 3 rings (SSSR count). The highest BCUT2D eigenvalue weighted by atomic mass is 16.3. The van der Waals surface area contributed by atoms with Crippen molar-refractivity contribution in [2.75, 3.05) is 13.6 Å². The van der Waals surface area contributed by atoms with Gasteiger partial charge in [-0.3, -0.25) is 9.59 Å². The lowest BCUT2D eigenvalue weighted by Gasteiger charge is -2.31. The number of fused-ring (bicyclic) bond motifs is 1. The molecule has 170 valence electrons. The highest BCUT2D eigenvalue weighted by Gasteiger charge is 2.39. The number of aliphatic hydroxyl groups excluding tert-OH is 1. The minimum absolute atomic E-state index is 0.0945. The van der Waals surface area contributed by atoms with Crippen LogP contribution in [0.25, 0.3) is 10.9 Å². The fraction of sp³-hybridized carbons (Fsp3) is 0.583. The Kier molecular flexibility index (Phi) is 8.09. The third-order valence-corrected chi connectivity index (χ3v) is 6.33. The zero-order chi connectivity index (χ0) is 22.4. The molecule has 2 amide bonds. The molecule has 2 aromatic rings. The first-order chi connectivity index (χ1) is 15.0. The molecule has 1 aromatic heterocycles. The molecule has 1 saturated heterocycles. The van der Waals surface area contributed by atoms with E-state index in [1.807, 2.05) is 38.2 Å². The van der Waals surface area contributed by atoms with Crippen molar-refractivity contribution in [3.05, 3.63) is 36.0 Å². The number of para-hydroxylation sites is 1. The normalized spacial score (nSPS) is 20.7. The summed E-state index contributed by atoms with van der Waals surface area (Å²) in [4.78, 5) is 31.2. The fourth-order valence-corrected chi connectivity index (χ4v) is 4.60. The number of rotatable bonds is 10. The first-order valence-electron chi connectivity index (χ1n) is 11.5. The van der Waals surface area contributed by atoms with Crippen LogP contribution in [-0.2, 0) is 16.0 Å². The van der Waals surface area contributed by atoms with Gasteiger partial charge in [-0.05, 0) is 44.4 Å². The number of likely N-dealkylation sites (N-methyl/N-ethyl adjacent to an activating group) is 1. The maximum Gasteiger partial charge on any atom is 0.245 e. The molecule has 1 aromatic carbocycles. The number of aliphatic hydroxyl groups is 1. The van der Waals surface area contributed by atoms with Gasteiger partial charge in [-0.1, -0.05) is 44.9 Å². The second-order valence-corrected chi connectivity index (χ2v) is 8.50. The van der Waals surface area contributed by atoms with Crippen LogP contribution < -0.4 is 10.6 Å². The van der Waals surface area contributed by atoms with E-state index >= 15 is 0 Å². The van der Waals surface area contributed by atoms with Crippen molar-refractivity contribution in [3.8, 4) is 0 Å². The summed E-state index contributed by atoms with van der Waals surface area (Å²) in [5.41, 5.74) is 2.14. The Bertz CT molecular complexity index is 881. The Morgan fingerprint density at radius 1 is 1.19 bits per heavy atom. The van der Waals surface area contributed by atoms with E-state index in [2.05, 4.69) is 21.7 Å². The molecule has 7 heteroatoms. The SMILES string of the molecule is CCC[C@H](NC)C(=O)N[C@@H](CCC)C(=O)N1CCC(O)[C@@H]1Cc1c[nH]c2ccccc12. The Labute approximate surface area is 184 Å². The summed E-state index contributed by atoms with van der Waals surface area (Å²) >= 11 is 0. The molecule has 7 nitrogen and oxygen atoms in total. The quantitative estimate of drug-likeness (QED) is 0.467. The van der Waals surface area contributed by atoms with Crippen LogP contribution in [0.4, 0.5) is 0 Å². The van der Waals surface area contributed by atoms with E-state index in [9.17, 15) is 14.7 Å². The summed E-state index contributed by atoms with van der Waals surface area (Å²) < 4.78 is 0. The van der Waals surface area contributed by atoms with E-state index in [1.54, 1.807) is 11.9 Å². The molecular formula is C24H36N4O3. The van der Waals surface area contributed by atoms with Crippen molar-refractivity contribution in [2.45, 2.75) is 76.6 Å². The van der Waals surface area contributed by atoms with Gasteiger partial charge in [0.15, 0.2) is 0 Å². The number of amides is 2. The number of likely N-dealkylation sites (tertiary alicyclic amines) is 1. The smallest absolute Gasteiger partial charge is 0.245 e. The van der Waals surface area contributed by atoms with Crippen molar-refractivity contribution >= 4 is 22.7 Å². The monoisotopic (exact) mass is 428 g/mol. The van der Waals surface area contributed by atoms with Crippen LogP contribution in [0.3, 0.4) is 0 Å². The molecule has 0 saturated carbocycles. The maximum absolute atomic E-state index is 13.5. The summed E-state index contributed by atoms with van der Waals surface area (Å²) in [7, 11) is 1.77. The number of aromatic nitrogens is 1. The Morgan fingerprint density at radius 3 is 2.61 bits per heavy atom. The van der Waals surface area contributed by atoms with E-state index in [0.717, 1.165) is 35.7 Å². The number of hydrogen-bond donors (Lipinski definition) is 4. The molecule has 1 fully saturated rings. The van der Waals surface area contributed by atoms with Crippen molar-refractivity contribution in [2.24, 2.45) is 0 Å². The van der Waals surface area contributed by atoms with Gasteiger partial charge >= 0.3 is 0 Å². The lowest BCUT2D eigenvalue weighted by atomic mass is 10.0. The third-order valence-electron chi connectivity index (χ3n) is 6.33. The highest BCUT2D eigenvalue weighted by Crippen LogP contribution is 2.27. The summed E-state index contributed by atoms with van der Waals surface area (Å²) in [5, 5.41) is 17.8. The summed E-state index contributed by atoms with van der Waals surface area (Å²) in [6.07, 6.45) is 5.51. The molecule has 0 bridgehead atoms. The Morgan fingerprint density at radius 2 is 1.90 bits per heavy atom. The summed E-state index contributed by atoms with van der Waals surface area (Å²) in [6, 6.07) is 6.89. The Balaban J connectivity index is 1.75. The first-order valence-corrected chi connectivity index (χ1v) is 11.5. The molecular weight excluding hydrogens is 392 g/mol. The molecule has 0 aliphatic carbocycles. The van der Waals surface area contributed by atoms with E-state index in [0.29, 0.717) is 25.8 Å². The van der Waals surface area contributed by atoms with Crippen LogP contribution in [0.1, 0.15) is 51.5 Å². The summed E-state index contributed by atoms with van der Waals surface area (Å²) in [6.45, 7) is 4.55. The van der Waals surface area contributed by atoms with Gasteiger partial charge < -0.3 is 25.6 Å². The molecule has 4 atom stereocenters. The standard InChI is InChI=1S/C24H36N4O3/c1-4-8-19(25-3)23(30)27-20(9-5-2)24(31)28-13-12-22(29)21(28)14-16-15-26-18-11-7-6-10-17(16)18/h6-7,10-11,15,19-22,25-26,29H,4-5,8-9,12-14H2,1-3H3,(H,27,30)/t19-,20-,21-,22?/m0/s1. The van der Waals surface area contributed by atoms with Gasteiger partial charge in [-0.2, -0.15) is 0 Å². The first kappa shape index (κ1) is 23.3. The highest BCUT2D eigenvalue weighted by molar-refractivity contribution is 5.90. The average Bonchev–Trinajstić information content (AvgIpc) is 3.35. The Hall–Kier alpha value is -2.38. The van der Waals surface area contributed by atoms with E-state index in [4.69, 9.17) is 0 Å². The van der Waals surface area contributed by atoms with Crippen molar-refractivity contribution in [1.82, 2.24) is 20.5 Å². The number of benzene rings is 1. The van der Waals surface area contributed by atoms with Crippen molar-refractivity contribution < 1.29 is 14.7 Å². The van der Waals surface area contributed by atoms with Gasteiger partial charge in [0.25, 0.3) is 0 Å². The van der Waals surface area contributed by atoms with Crippen LogP contribution >= 0.6 is 0 Å².